The summed E-state index contributed by atoms with van der Waals surface area (Å²) >= 11 is 1.38. The molecule has 1 aliphatic carbocycles. The van der Waals surface area contributed by atoms with Crippen LogP contribution >= 0.6 is 11.3 Å². The molecule has 0 saturated heterocycles. The van der Waals surface area contributed by atoms with E-state index < -0.39 is 5.97 Å². The van der Waals surface area contributed by atoms with Gasteiger partial charge in [-0.2, -0.15) is 0 Å². The first-order valence-electron chi connectivity index (χ1n) is 8.34. The molecular weight excluding hydrogens is 338 g/mol. The zero-order valence-corrected chi connectivity index (χ0v) is 14.8. The highest BCUT2D eigenvalue weighted by Gasteiger charge is 2.35. The van der Waals surface area contributed by atoms with Crippen LogP contribution in [0.15, 0.2) is 36.5 Å². The third-order valence-electron chi connectivity index (χ3n) is 4.46. The fraction of sp³-hybridized carbons (Fsp3) is 0.389. The number of carbonyl (C=O) groups is 2. The monoisotopic (exact) mass is 359 g/mol. The Morgan fingerprint density at radius 2 is 2.04 bits per heavy atom. The van der Waals surface area contributed by atoms with Crippen molar-refractivity contribution in [3.63, 3.8) is 0 Å². The van der Waals surface area contributed by atoms with Crippen LogP contribution in [0.4, 0.5) is 0 Å². The van der Waals surface area contributed by atoms with Crippen molar-refractivity contribution in [1.82, 2.24) is 15.2 Å². The van der Waals surface area contributed by atoms with Gasteiger partial charge in [-0.25, -0.2) is 4.98 Å². The number of aromatic nitrogens is 1. The minimum absolute atomic E-state index is 0.0527. The van der Waals surface area contributed by atoms with Crippen LogP contribution in [0.5, 0.6) is 0 Å². The zero-order valence-electron chi connectivity index (χ0n) is 14.0. The number of amides is 1. The quantitative estimate of drug-likeness (QED) is 0.794. The van der Waals surface area contributed by atoms with Crippen LogP contribution in [0.25, 0.3) is 10.6 Å². The largest absolute Gasteiger partial charge is 0.480 e. The first-order chi connectivity index (χ1) is 12.1. The Bertz CT molecular complexity index is 741. The maximum Gasteiger partial charge on any atom is 0.317 e. The molecule has 0 atom stereocenters. The zero-order chi connectivity index (χ0) is 17.8. The lowest BCUT2D eigenvalue weighted by molar-refractivity contribution is -0.139. The first-order valence-corrected chi connectivity index (χ1v) is 9.16. The Morgan fingerprint density at radius 3 is 2.68 bits per heavy atom. The van der Waals surface area contributed by atoms with Crippen molar-refractivity contribution in [1.29, 1.82) is 0 Å². The number of hydrogen-bond donors (Lipinski definition) is 2. The topological polar surface area (TPSA) is 82.5 Å². The van der Waals surface area contributed by atoms with E-state index >= 15 is 0 Å². The van der Waals surface area contributed by atoms with Gasteiger partial charge in [0.25, 0.3) is 5.91 Å². The summed E-state index contributed by atoms with van der Waals surface area (Å²) in [6.07, 6.45) is 3.19. The molecule has 1 heterocycles. The van der Waals surface area contributed by atoms with Crippen molar-refractivity contribution in [2.75, 3.05) is 13.1 Å². The number of rotatable bonds is 7. The van der Waals surface area contributed by atoms with Crippen molar-refractivity contribution < 1.29 is 14.7 Å². The average Bonchev–Trinajstić information content (AvgIpc) is 3.06. The Morgan fingerprint density at radius 1 is 1.32 bits per heavy atom. The molecule has 2 aromatic rings. The van der Waals surface area contributed by atoms with Gasteiger partial charge in [-0.05, 0) is 19.4 Å². The van der Waals surface area contributed by atoms with Crippen LogP contribution in [0.1, 0.15) is 29.4 Å². The van der Waals surface area contributed by atoms with Gasteiger partial charge >= 0.3 is 5.97 Å². The summed E-state index contributed by atoms with van der Waals surface area (Å²) in [6.45, 7) is 2.71. The van der Waals surface area contributed by atoms with Crippen LogP contribution in [0.2, 0.25) is 0 Å². The van der Waals surface area contributed by atoms with Crippen LogP contribution < -0.4 is 5.32 Å². The molecule has 25 heavy (non-hydrogen) atoms. The summed E-state index contributed by atoms with van der Waals surface area (Å²) in [5.41, 5.74) is 1.00. The average molecular weight is 359 g/mol. The minimum Gasteiger partial charge on any atom is -0.480 e. The number of carboxylic acids is 1. The number of aliphatic carboxylic acids is 1. The number of carboxylic acid groups (broad SMARTS) is 1. The normalized spacial score (nSPS) is 19.4. The summed E-state index contributed by atoms with van der Waals surface area (Å²) in [6, 6.07) is 10.1. The summed E-state index contributed by atoms with van der Waals surface area (Å²) < 4.78 is 0. The third kappa shape index (κ3) is 4.24. The molecule has 1 amide bonds. The molecule has 1 fully saturated rings. The molecule has 132 valence electrons. The number of thiazole rings is 1. The Kier molecular flexibility index (Phi) is 5.45. The Balaban J connectivity index is 1.53. The highest BCUT2D eigenvalue weighted by atomic mass is 32.1. The van der Waals surface area contributed by atoms with Crippen molar-refractivity contribution in [3.05, 3.63) is 41.4 Å². The van der Waals surface area contributed by atoms with Gasteiger partial charge in [-0.1, -0.05) is 37.3 Å². The van der Waals surface area contributed by atoms with Crippen molar-refractivity contribution >= 4 is 23.2 Å². The van der Waals surface area contributed by atoms with Crippen LogP contribution in [-0.2, 0) is 4.79 Å². The van der Waals surface area contributed by atoms with E-state index in [9.17, 15) is 9.59 Å². The molecule has 1 saturated carbocycles. The summed E-state index contributed by atoms with van der Waals surface area (Å²) in [7, 11) is 0. The van der Waals surface area contributed by atoms with E-state index in [-0.39, 0.29) is 24.5 Å². The molecule has 6 nitrogen and oxygen atoms in total. The van der Waals surface area contributed by atoms with Gasteiger partial charge in [0.05, 0.1) is 12.7 Å². The van der Waals surface area contributed by atoms with Crippen LogP contribution in [-0.4, -0.2) is 52.0 Å². The number of benzene rings is 1. The molecule has 0 radical (unpaired) electrons. The molecule has 0 aliphatic heterocycles. The lowest BCUT2D eigenvalue weighted by atomic mass is 9.85. The maximum absolute atomic E-state index is 12.4. The maximum atomic E-state index is 12.4. The summed E-state index contributed by atoms with van der Waals surface area (Å²) in [4.78, 5) is 30.1. The minimum atomic E-state index is -0.813. The molecule has 2 N–H and O–H groups in total. The van der Waals surface area contributed by atoms with Crippen molar-refractivity contribution in [3.8, 4) is 10.6 Å². The van der Waals surface area contributed by atoms with Gasteiger partial charge in [0.2, 0.25) is 0 Å². The fourth-order valence-electron chi connectivity index (χ4n) is 3.03. The molecule has 3 rings (SSSR count). The smallest absolute Gasteiger partial charge is 0.317 e. The van der Waals surface area contributed by atoms with Crippen LogP contribution in [0.3, 0.4) is 0 Å². The van der Waals surface area contributed by atoms with Gasteiger partial charge in [-0.3, -0.25) is 14.5 Å². The highest BCUT2D eigenvalue weighted by Crippen LogP contribution is 2.28. The van der Waals surface area contributed by atoms with E-state index in [1.54, 1.807) is 6.20 Å². The van der Waals surface area contributed by atoms with Crippen LogP contribution in [0, 0.1) is 0 Å². The fourth-order valence-corrected chi connectivity index (χ4v) is 3.85. The second kappa shape index (κ2) is 7.76. The SMILES string of the molecule is CCN(CC(=O)O)C1CC(NC(=O)c2cnc(-c3ccccc3)s2)C1. The van der Waals surface area contributed by atoms with E-state index in [0.29, 0.717) is 11.4 Å². The predicted molar refractivity (Wildman–Crippen MR) is 96.7 cm³/mol. The van der Waals surface area contributed by atoms with Crippen molar-refractivity contribution in [2.45, 2.75) is 31.8 Å². The third-order valence-corrected chi connectivity index (χ3v) is 5.50. The van der Waals surface area contributed by atoms with E-state index in [1.807, 2.05) is 42.2 Å². The molecule has 1 aromatic heterocycles. The highest BCUT2D eigenvalue weighted by molar-refractivity contribution is 7.16. The molecule has 7 heteroatoms. The Hall–Kier alpha value is -2.25. The van der Waals surface area contributed by atoms with Gasteiger partial charge in [0.15, 0.2) is 0 Å². The summed E-state index contributed by atoms with van der Waals surface area (Å²) in [5, 5.41) is 12.8. The molecular formula is C18H21N3O3S. The lowest BCUT2D eigenvalue weighted by Crippen LogP contribution is -2.54. The standard InChI is InChI=1S/C18H21N3O3S/c1-2-21(11-16(22)23)14-8-13(9-14)20-17(24)15-10-19-18(25-15)12-6-4-3-5-7-12/h3-7,10,13-14H,2,8-9,11H2,1H3,(H,20,24)(H,22,23). The first kappa shape index (κ1) is 17.6. The van der Waals surface area contributed by atoms with Gasteiger partial charge < -0.3 is 10.4 Å². The van der Waals surface area contributed by atoms with E-state index in [4.69, 9.17) is 5.11 Å². The summed E-state index contributed by atoms with van der Waals surface area (Å²) in [5.74, 6) is -0.920. The number of likely N-dealkylation sites (N-methyl/N-ethyl adjacent to an activating group) is 1. The molecule has 0 unspecified atom stereocenters. The molecule has 1 aromatic carbocycles. The van der Waals surface area contributed by atoms with E-state index in [2.05, 4.69) is 10.3 Å². The van der Waals surface area contributed by atoms with Gasteiger partial charge in [0, 0.05) is 17.6 Å². The molecule has 1 aliphatic rings. The second-order valence-corrected chi connectivity index (χ2v) is 7.18. The number of hydrogen-bond acceptors (Lipinski definition) is 5. The molecule has 0 spiro atoms. The van der Waals surface area contributed by atoms with Gasteiger partial charge in [0.1, 0.15) is 9.88 Å². The Labute approximate surface area is 150 Å². The number of nitrogens with one attached hydrogen (secondary N) is 1. The predicted octanol–water partition coefficient (Wildman–Crippen LogP) is 2.48. The van der Waals surface area contributed by atoms with Crippen molar-refractivity contribution in [2.24, 2.45) is 0 Å². The van der Waals surface area contributed by atoms with E-state index in [1.165, 1.54) is 11.3 Å². The second-order valence-electron chi connectivity index (χ2n) is 6.15. The molecule has 0 bridgehead atoms. The number of carbonyl (C=O) groups excluding carboxylic acids is 1. The lowest BCUT2D eigenvalue weighted by Gasteiger charge is -2.42. The van der Waals surface area contributed by atoms with E-state index in [0.717, 1.165) is 23.4 Å². The number of nitrogens with zero attached hydrogens (tertiary/aromatic N) is 2. The van der Waals surface area contributed by atoms with Gasteiger partial charge in [-0.15, -0.1) is 11.3 Å².